The predicted molar refractivity (Wildman–Crippen MR) is 95.2 cm³/mol. The van der Waals surface area contributed by atoms with Crippen LogP contribution in [0.4, 0.5) is 17.5 Å². The Balaban J connectivity index is 1.52. The van der Waals surface area contributed by atoms with Crippen molar-refractivity contribution in [3.05, 3.63) is 36.0 Å². The van der Waals surface area contributed by atoms with Crippen molar-refractivity contribution in [2.75, 3.05) is 37.3 Å². The van der Waals surface area contributed by atoms with Crippen molar-refractivity contribution in [3.8, 4) is 5.75 Å². The fourth-order valence-corrected chi connectivity index (χ4v) is 2.64. The number of aromatic nitrogens is 2. The number of rotatable bonds is 7. The van der Waals surface area contributed by atoms with Crippen molar-refractivity contribution >= 4 is 23.7 Å². The number of anilines is 3. The van der Waals surface area contributed by atoms with E-state index in [1.54, 1.807) is 0 Å². The summed E-state index contributed by atoms with van der Waals surface area (Å²) in [5, 5.41) is 10.3. The highest BCUT2D eigenvalue weighted by atomic mass is 16.5. The van der Waals surface area contributed by atoms with E-state index in [-0.39, 0.29) is 5.82 Å². The third kappa shape index (κ3) is 4.20. The first kappa shape index (κ1) is 16.2. The molecule has 7 heteroatoms. The Morgan fingerprint density at radius 1 is 1.25 bits per heavy atom. The fraction of sp³-hybridized carbons (Fsp3) is 0.353. The number of ether oxygens (including phenoxy) is 1. The molecule has 1 aliphatic heterocycles. The van der Waals surface area contributed by atoms with Crippen LogP contribution in [0.3, 0.4) is 0 Å². The minimum Gasteiger partial charge on any atom is -0.492 e. The van der Waals surface area contributed by atoms with E-state index in [1.807, 2.05) is 24.3 Å². The Hall–Kier alpha value is -2.67. The lowest BCUT2D eigenvalue weighted by molar-refractivity contribution is 0.238. The number of likely N-dealkylation sites (tertiary alicyclic amines) is 1. The first-order chi connectivity index (χ1) is 11.7. The molecule has 0 bridgehead atoms. The SMILES string of the molecule is N=Cc1cnc(Nc2ccc(OCCN3CCCC3)cc2)nc1N. The molecule has 2 heterocycles. The number of benzene rings is 1. The third-order valence-electron chi connectivity index (χ3n) is 3.99. The molecule has 2 aromatic rings. The Morgan fingerprint density at radius 3 is 2.67 bits per heavy atom. The maximum Gasteiger partial charge on any atom is 0.229 e. The van der Waals surface area contributed by atoms with Crippen LogP contribution in [-0.2, 0) is 0 Å². The van der Waals surface area contributed by atoms with Crippen LogP contribution in [0.25, 0.3) is 0 Å². The molecule has 0 atom stereocenters. The highest BCUT2D eigenvalue weighted by Crippen LogP contribution is 2.19. The largest absolute Gasteiger partial charge is 0.492 e. The van der Waals surface area contributed by atoms with Gasteiger partial charge < -0.3 is 21.2 Å². The van der Waals surface area contributed by atoms with E-state index in [4.69, 9.17) is 15.9 Å². The molecule has 1 saturated heterocycles. The van der Waals surface area contributed by atoms with Gasteiger partial charge in [0.05, 0.1) is 5.56 Å². The summed E-state index contributed by atoms with van der Waals surface area (Å²) < 4.78 is 5.78. The number of nitrogens with two attached hydrogens (primary N) is 1. The highest BCUT2D eigenvalue weighted by molar-refractivity contribution is 5.83. The van der Waals surface area contributed by atoms with Gasteiger partial charge in [0, 0.05) is 24.6 Å². The monoisotopic (exact) mass is 326 g/mol. The minimum absolute atomic E-state index is 0.282. The van der Waals surface area contributed by atoms with Crippen LogP contribution in [0.2, 0.25) is 0 Å². The molecule has 0 saturated carbocycles. The van der Waals surface area contributed by atoms with Crippen LogP contribution < -0.4 is 15.8 Å². The van der Waals surface area contributed by atoms with Crippen molar-refractivity contribution in [2.45, 2.75) is 12.8 Å². The van der Waals surface area contributed by atoms with Crippen LogP contribution in [-0.4, -0.2) is 47.3 Å². The molecule has 7 nitrogen and oxygen atoms in total. The maximum atomic E-state index is 7.19. The van der Waals surface area contributed by atoms with E-state index in [9.17, 15) is 0 Å². The van der Waals surface area contributed by atoms with Crippen molar-refractivity contribution in [1.82, 2.24) is 14.9 Å². The third-order valence-corrected chi connectivity index (χ3v) is 3.99. The molecule has 1 aromatic carbocycles. The predicted octanol–water partition coefficient (Wildman–Crippen LogP) is 2.27. The number of hydrogen-bond donors (Lipinski definition) is 3. The Morgan fingerprint density at radius 2 is 2.00 bits per heavy atom. The van der Waals surface area contributed by atoms with E-state index in [2.05, 4.69) is 20.2 Å². The van der Waals surface area contributed by atoms with Crippen LogP contribution in [0, 0.1) is 5.41 Å². The summed E-state index contributed by atoms with van der Waals surface area (Å²) >= 11 is 0. The molecular formula is C17H22N6O. The summed E-state index contributed by atoms with van der Waals surface area (Å²) in [6, 6.07) is 7.66. The van der Waals surface area contributed by atoms with Gasteiger partial charge in [0.15, 0.2) is 0 Å². The van der Waals surface area contributed by atoms with Crippen molar-refractivity contribution in [1.29, 1.82) is 5.41 Å². The van der Waals surface area contributed by atoms with Crippen molar-refractivity contribution in [2.24, 2.45) is 0 Å². The molecule has 1 aliphatic rings. The second-order valence-corrected chi connectivity index (χ2v) is 5.73. The van der Waals surface area contributed by atoms with Gasteiger partial charge in [0.2, 0.25) is 5.95 Å². The smallest absolute Gasteiger partial charge is 0.229 e. The number of nitrogens with zero attached hydrogens (tertiary/aromatic N) is 3. The summed E-state index contributed by atoms with van der Waals surface area (Å²) in [6.07, 6.45) is 5.25. The highest BCUT2D eigenvalue weighted by Gasteiger charge is 2.10. The molecule has 0 aliphatic carbocycles. The lowest BCUT2D eigenvalue weighted by atomic mass is 10.3. The molecular weight excluding hydrogens is 304 g/mol. The summed E-state index contributed by atoms with van der Waals surface area (Å²) in [6.45, 7) is 4.06. The van der Waals surface area contributed by atoms with Gasteiger partial charge >= 0.3 is 0 Å². The zero-order chi connectivity index (χ0) is 16.8. The molecule has 24 heavy (non-hydrogen) atoms. The Kier molecular flexibility index (Phi) is 5.22. The quantitative estimate of drug-likeness (QED) is 0.675. The first-order valence-electron chi connectivity index (χ1n) is 8.10. The normalized spacial score (nSPS) is 14.5. The Labute approximate surface area is 141 Å². The van der Waals surface area contributed by atoms with E-state index in [0.717, 1.165) is 24.2 Å². The topological polar surface area (TPSA) is 100 Å². The van der Waals surface area contributed by atoms with Crippen LogP contribution in [0.15, 0.2) is 30.5 Å². The number of hydrogen-bond acceptors (Lipinski definition) is 7. The van der Waals surface area contributed by atoms with E-state index in [0.29, 0.717) is 18.1 Å². The lowest BCUT2D eigenvalue weighted by Crippen LogP contribution is -2.25. The molecule has 126 valence electrons. The van der Waals surface area contributed by atoms with E-state index >= 15 is 0 Å². The maximum absolute atomic E-state index is 7.19. The van der Waals surface area contributed by atoms with Gasteiger partial charge in [0.1, 0.15) is 18.2 Å². The molecule has 4 N–H and O–H groups in total. The van der Waals surface area contributed by atoms with E-state index < -0.39 is 0 Å². The summed E-state index contributed by atoms with van der Waals surface area (Å²) in [7, 11) is 0. The molecule has 0 radical (unpaired) electrons. The van der Waals surface area contributed by atoms with Gasteiger partial charge in [-0.25, -0.2) is 4.98 Å². The molecule has 0 unspecified atom stereocenters. The Bertz CT molecular complexity index is 682. The second kappa shape index (κ2) is 7.74. The molecule has 3 rings (SSSR count). The van der Waals surface area contributed by atoms with Crippen molar-refractivity contribution < 1.29 is 4.74 Å². The lowest BCUT2D eigenvalue weighted by Gasteiger charge is -2.15. The second-order valence-electron chi connectivity index (χ2n) is 5.73. The van der Waals surface area contributed by atoms with Crippen LogP contribution in [0.5, 0.6) is 5.75 Å². The average Bonchev–Trinajstić information content (AvgIpc) is 3.10. The molecule has 1 fully saturated rings. The number of nitrogens with one attached hydrogen (secondary N) is 2. The van der Waals surface area contributed by atoms with Crippen LogP contribution >= 0.6 is 0 Å². The van der Waals surface area contributed by atoms with Gasteiger partial charge in [-0.05, 0) is 50.2 Å². The zero-order valence-corrected chi connectivity index (χ0v) is 13.5. The summed E-state index contributed by atoms with van der Waals surface area (Å²) in [5.41, 5.74) is 7.10. The van der Waals surface area contributed by atoms with Crippen LogP contribution in [0.1, 0.15) is 18.4 Å². The molecule has 0 amide bonds. The summed E-state index contributed by atoms with van der Waals surface area (Å²) in [4.78, 5) is 10.7. The van der Waals surface area contributed by atoms with Gasteiger partial charge in [0.25, 0.3) is 0 Å². The fourth-order valence-electron chi connectivity index (χ4n) is 2.64. The zero-order valence-electron chi connectivity index (χ0n) is 13.5. The van der Waals surface area contributed by atoms with Gasteiger partial charge in [-0.1, -0.05) is 0 Å². The average molecular weight is 326 g/mol. The van der Waals surface area contributed by atoms with E-state index in [1.165, 1.54) is 32.1 Å². The first-order valence-corrected chi connectivity index (χ1v) is 8.10. The molecule has 0 spiro atoms. The van der Waals surface area contributed by atoms with Gasteiger partial charge in [-0.3, -0.25) is 4.90 Å². The van der Waals surface area contributed by atoms with Gasteiger partial charge in [-0.15, -0.1) is 0 Å². The standard InChI is InChI=1S/C17H22N6O/c18-11-13-12-20-17(22-16(13)19)21-14-3-5-15(6-4-14)24-10-9-23-7-1-2-8-23/h3-6,11-12,18H,1-2,7-10H2,(H3,19,20,21,22). The minimum atomic E-state index is 0.282. The molecule has 1 aromatic heterocycles. The van der Waals surface area contributed by atoms with Crippen molar-refractivity contribution in [3.63, 3.8) is 0 Å². The number of nitrogen functional groups attached to an aromatic ring is 1. The summed E-state index contributed by atoms with van der Waals surface area (Å²) in [5.74, 6) is 1.53. The van der Waals surface area contributed by atoms with Gasteiger partial charge in [-0.2, -0.15) is 4.98 Å².